The number of amides is 2. The van der Waals surface area contributed by atoms with E-state index in [0.717, 1.165) is 11.1 Å². The van der Waals surface area contributed by atoms with Crippen LogP contribution < -0.4 is 15.4 Å². The van der Waals surface area contributed by atoms with Crippen molar-refractivity contribution in [3.8, 4) is 5.75 Å². The topological polar surface area (TPSA) is 67.4 Å². The van der Waals surface area contributed by atoms with Crippen LogP contribution in [0, 0.1) is 0 Å². The minimum Gasteiger partial charge on any atom is -0.494 e. The van der Waals surface area contributed by atoms with Gasteiger partial charge in [0, 0.05) is 18.2 Å². The molecule has 0 aromatic heterocycles. The second-order valence-corrected chi connectivity index (χ2v) is 6.50. The van der Waals surface area contributed by atoms with Crippen molar-refractivity contribution < 1.29 is 14.3 Å². The van der Waals surface area contributed by atoms with E-state index in [1.165, 1.54) is 0 Å². The quantitative estimate of drug-likeness (QED) is 0.602. The van der Waals surface area contributed by atoms with Crippen LogP contribution in [0.15, 0.2) is 84.9 Å². The molecule has 0 saturated carbocycles. The number of hydrogen-bond acceptors (Lipinski definition) is 3. The molecule has 29 heavy (non-hydrogen) atoms. The van der Waals surface area contributed by atoms with Crippen molar-refractivity contribution in [2.75, 3.05) is 18.5 Å². The highest BCUT2D eigenvalue weighted by Crippen LogP contribution is 2.23. The molecule has 0 bridgehead atoms. The number of rotatable bonds is 7. The largest absolute Gasteiger partial charge is 0.494 e. The molecular weight excluding hydrogens is 364 g/mol. The van der Waals surface area contributed by atoms with E-state index in [0.29, 0.717) is 24.6 Å². The fourth-order valence-corrected chi connectivity index (χ4v) is 3.06. The van der Waals surface area contributed by atoms with Crippen molar-refractivity contribution in [2.45, 2.75) is 12.8 Å². The fourth-order valence-electron chi connectivity index (χ4n) is 3.06. The lowest BCUT2D eigenvalue weighted by atomic mass is 9.91. The fraction of sp³-hybridized carbons (Fsp3) is 0.167. The molecule has 5 nitrogen and oxygen atoms in total. The van der Waals surface area contributed by atoms with Crippen LogP contribution in [0.4, 0.5) is 5.69 Å². The van der Waals surface area contributed by atoms with Crippen LogP contribution in [-0.4, -0.2) is 25.0 Å². The van der Waals surface area contributed by atoms with Gasteiger partial charge in [-0.25, -0.2) is 0 Å². The second kappa shape index (κ2) is 10.1. The van der Waals surface area contributed by atoms with Crippen LogP contribution >= 0.6 is 0 Å². The van der Waals surface area contributed by atoms with Crippen molar-refractivity contribution in [3.05, 3.63) is 96.1 Å². The molecule has 2 amide bonds. The average Bonchev–Trinajstić information content (AvgIpc) is 2.77. The van der Waals surface area contributed by atoms with E-state index in [2.05, 4.69) is 10.6 Å². The van der Waals surface area contributed by atoms with E-state index in [-0.39, 0.29) is 5.92 Å². The molecule has 5 heteroatoms. The maximum absolute atomic E-state index is 12.3. The van der Waals surface area contributed by atoms with E-state index >= 15 is 0 Å². The highest BCUT2D eigenvalue weighted by Gasteiger charge is 2.18. The highest BCUT2D eigenvalue weighted by molar-refractivity contribution is 6.39. The number of hydrogen-bond donors (Lipinski definition) is 2. The van der Waals surface area contributed by atoms with Gasteiger partial charge in [0.2, 0.25) is 0 Å². The SMILES string of the molecule is CCOc1ccc(NC(=O)C(=O)NCC(c2ccccc2)c2ccccc2)cc1. The van der Waals surface area contributed by atoms with Crippen LogP contribution in [0.2, 0.25) is 0 Å². The van der Waals surface area contributed by atoms with Gasteiger partial charge in [0.1, 0.15) is 5.75 Å². The molecule has 0 aliphatic heterocycles. The molecule has 0 spiro atoms. The predicted octanol–water partition coefficient (Wildman–Crippen LogP) is 3.97. The number of ether oxygens (including phenoxy) is 1. The third-order valence-corrected chi connectivity index (χ3v) is 4.50. The van der Waals surface area contributed by atoms with Gasteiger partial charge in [-0.1, -0.05) is 60.7 Å². The van der Waals surface area contributed by atoms with Gasteiger partial charge in [-0.3, -0.25) is 9.59 Å². The van der Waals surface area contributed by atoms with Crippen LogP contribution in [0.3, 0.4) is 0 Å². The van der Waals surface area contributed by atoms with Gasteiger partial charge in [0.25, 0.3) is 0 Å². The summed E-state index contributed by atoms with van der Waals surface area (Å²) >= 11 is 0. The summed E-state index contributed by atoms with van der Waals surface area (Å²) < 4.78 is 5.37. The van der Waals surface area contributed by atoms with Crippen LogP contribution in [0.1, 0.15) is 24.0 Å². The minimum atomic E-state index is -0.700. The zero-order valence-corrected chi connectivity index (χ0v) is 16.3. The van der Waals surface area contributed by atoms with Gasteiger partial charge in [-0.2, -0.15) is 0 Å². The van der Waals surface area contributed by atoms with Gasteiger partial charge in [0.05, 0.1) is 6.61 Å². The molecule has 148 valence electrons. The molecule has 3 rings (SSSR count). The first kappa shape index (κ1) is 20.1. The molecule has 3 aromatic carbocycles. The normalized spacial score (nSPS) is 10.4. The molecule has 0 saturated heterocycles. The zero-order chi connectivity index (χ0) is 20.5. The van der Waals surface area contributed by atoms with E-state index in [9.17, 15) is 9.59 Å². The van der Waals surface area contributed by atoms with E-state index < -0.39 is 11.8 Å². The van der Waals surface area contributed by atoms with Crippen molar-refractivity contribution in [1.82, 2.24) is 5.32 Å². The first-order chi connectivity index (χ1) is 14.2. The van der Waals surface area contributed by atoms with Gasteiger partial charge in [0.15, 0.2) is 0 Å². The van der Waals surface area contributed by atoms with Crippen LogP contribution in [-0.2, 0) is 9.59 Å². The Balaban J connectivity index is 1.63. The Morgan fingerprint density at radius 2 is 1.34 bits per heavy atom. The lowest BCUT2D eigenvalue weighted by molar-refractivity contribution is -0.136. The minimum absolute atomic E-state index is 0.0420. The van der Waals surface area contributed by atoms with Crippen molar-refractivity contribution in [3.63, 3.8) is 0 Å². The number of carbonyl (C=O) groups is 2. The third kappa shape index (κ3) is 5.69. The first-order valence-electron chi connectivity index (χ1n) is 9.59. The Bertz CT molecular complexity index is 886. The molecule has 0 aliphatic rings. The predicted molar refractivity (Wildman–Crippen MR) is 114 cm³/mol. The summed E-state index contributed by atoms with van der Waals surface area (Å²) in [7, 11) is 0. The van der Waals surface area contributed by atoms with E-state index in [4.69, 9.17) is 4.74 Å². The van der Waals surface area contributed by atoms with Gasteiger partial charge >= 0.3 is 11.8 Å². The van der Waals surface area contributed by atoms with Crippen LogP contribution in [0.5, 0.6) is 5.75 Å². The molecule has 0 unspecified atom stereocenters. The number of nitrogens with one attached hydrogen (secondary N) is 2. The summed E-state index contributed by atoms with van der Waals surface area (Å²) in [6.45, 7) is 2.79. The average molecular weight is 388 g/mol. The summed E-state index contributed by atoms with van der Waals surface area (Å²) in [4.78, 5) is 24.6. The van der Waals surface area contributed by atoms with Gasteiger partial charge in [-0.05, 0) is 42.3 Å². The number of benzene rings is 3. The maximum Gasteiger partial charge on any atom is 0.313 e. The number of carbonyl (C=O) groups excluding carboxylic acids is 2. The molecule has 0 aliphatic carbocycles. The Hall–Kier alpha value is -3.60. The van der Waals surface area contributed by atoms with Crippen molar-refractivity contribution in [2.24, 2.45) is 0 Å². The van der Waals surface area contributed by atoms with E-state index in [1.54, 1.807) is 24.3 Å². The smallest absolute Gasteiger partial charge is 0.313 e. The Morgan fingerprint density at radius 3 is 1.86 bits per heavy atom. The zero-order valence-electron chi connectivity index (χ0n) is 16.3. The first-order valence-corrected chi connectivity index (χ1v) is 9.59. The van der Waals surface area contributed by atoms with Gasteiger partial charge in [-0.15, -0.1) is 0 Å². The highest BCUT2D eigenvalue weighted by atomic mass is 16.5. The Morgan fingerprint density at radius 1 is 0.793 bits per heavy atom. The molecular formula is C24H24N2O3. The van der Waals surface area contributed by atoms with Crippen molar-refractivity contribution in [1.29, 1.82) is 0 Å². The maximum atomic E-state index is 12.3. The summed E-state index contributed by atoms with van der Waals surface area (Å²) in [6.07, 6.45) is 0. The summed E-state index contributed by atoms with van der Waals surface area (Å²) in [5.41, 5.74) is 2.69. The van der Waals surface area contributed by atoms with Crippen LogP contribution in [0.25, 0.3) is 0 Å². The lowest BCUT2D eigenvalue weighted by Gasteiger charge is -2.18. The molecule has 0 heterocycles. The molecule has 0 atom stereocenters. The summed E-state index contributed by atoms with van der Waals surface area (Å²) in [6, 6.07) is 26.7. The molecule has 2 N–H and O–H groups in total. The molecule has 3 aromatic rings. The third-order valence-electron chi connectivity index (χ3n) is 4.50. The van der Waals surface area contributed by atoms with Crippen molar-refractivity contribution >= 4 is 17.5 Å². The van der Waals surface area contributed by atoms with Gasteiger partial charge < -0.3 is 15.4 Å². The number of anilines is 1. The summed E-state index contributed by atoms with van der Waals surface area (Å²) in [5, 5.41) is 5.36. The molecule has 0 radical (unpaired) electrons. The lowest BCUT2D eigenvalue weighted by Crippen LogP contribution is -2.37. The second-order valence-electron chi connectivity index (χ2n) is 6.50. The monoisotopic (exact) mass is 388 g/mol. The molecule has 0 fully saturated rings. The summed E-state index contributed by atoms with van der Waals surface area (Å²) in [5.74, 6) is -0.701. The Labute approximate surface area is 170 Å². The standard InChI is InChI=1S/C24H24N2O3/c1-2-29-21-15-13-20(14-16-21)26-24(28)23(27)25-17-22(18-9-5-3-6-10-18)19-11-7-4-8-12-19/h3-16,22H,2,17H2,1H3,(H,25,27)(H,26,28). The Kier molecular flexibility index (Phi) is 7.00. The van der Waals surface area contributed by atoms with E-state index in [1.807, 2.05) is 67.6 Å².